The van der Waals surface area contributed by atoms with E-state index < -0.39 is 0 Å². The molecule has 2 nitrogen and oxygen atoms in total. The topological polar surface area (TPSA) is 39.2 Å². The third kappa shape index (κ3) is 2.30. The highest BCUT2D eigenvalue weighted by atomic mass is 16.3. The van der Waals surface area contributed by atoms with Crippen LogP contribution in [0, 0.1) is 5.92 Å². The molecule has 1 aliphatic rings. The number of hydrogen-bond donors (Lipinski definition) is 1. The van der Waals surface area contributed by atoms with Crippen LogP contribution in [-0.2, 0) is 0 Å². The Hall–Kier alpha value is -1.28. The molecule has 96 valence electrons. The second-order valence-corrected chi connectivity index (χ2v) is 5.53. The second-order valence-electron chi connectivity index (χ2n) is 5.53. The zero-order chi connectivity index (χ0) is 12.4. The highest BCUT2D eigenvalue weighted by Crippen LogP contribution is 2.33. The fourth-order valence-corrected chi connectivity index (χ4v) is 3.19. The van der Waals surface area contributed by atoms with Gasteiger partial charge < -0.3 is 10.2 Å². The fourth-order valence-electron chi connectivity index (χ4n) is 3.19. The van der Waals surface area contributed by atoms with Gasteiger partial charge in [0.05, 0.1) is 6.26 Å². The maximum Gasteiger partial charge on any atom is 0.134 e. The molecule has 1 unspecified atom stereocenters. The molecule has 0 spiro atoms. The van der Waals surface area contributed by atoms with Crippen molar-refractivity contribution in [1.29, 1.82) is 0 Å². The molecule has 1 fully saturated rings. The minimum Gasteiger partial charge on any atom is -0.464 e. The van der Waals surface area contributed by atoms with Crippen LogP contribution in [0.25, 0.3) is 11.0 Å². The first-order valence-electron chi connectivity index (χ1n) is 7.06. The Morgan fingerprint density at radius 3 is 2.78 bits per heavy atom. The molecule has 1 aromatic carbocycles. The first kappa shape index (κ1) is 11.8. The van der Waals surface area contributed by atoms with E-state index in [9.17, 15) is 0 Å². The molecule has 2 heteroatoms. The van der Waals surface area contributed by atoms with E-state index in [4.69, 9.17) is 10.2 Å². The average molecular weight is 243 g/mol. The molecule has 0 bridgehead atoms. The SMILES string of the molecule is NC(CC1CCCCC1)c1coc2ccccc12. The molecular formula is C16H21NO. The minimum absolute atomic E-state index is 0.122. The van der Waals surface area contributed by atoms with Crippen LogP contribution < -0.4 is 5.73 Å². The smallest absolute Gasteiger partial charge is 0.134 e. The summed E-state index contributed by atoms with van der Waals surface area (Å²) in [7, 11) is 0. The van der Waals surface area contributed by atoms with E-state index in [1.807, 2.05) is 18.4 Å². The van der Waals surface area contributed by atoms with Crippen LogP contribution in [0.4, 0.5) is 0 Å². The molecule has 1 aliphatic carbocycles. The quantitative estimate of drug-likeness (QED) is 0.867. The van der Waals surface area contributed by atoms with Crippen molar-refractivity contribution in [3.8, 4) is 0 Å². The zero-order valence-corrected chi connectivity index (χ0v) is 10.8. The summed E-state index contributed by atoms with van der Waals surface area (Å²) < 4.78 is 5.58. The third-order valence-electron chi connectivity index (χ3n) is 4.22. The fraction of sp³-hybridized carbons (Fsp3) is 0.500. The Bertz CT molecular complexity index is 511. The van der Waals surface area contributed by atoms with E-state index in [-0.39, 0.29) is 6.04 Å². The first-order valence-corrected chi connectivity index (χ1v) is 7.06. The zero-order valence-electron chi connectivity index (χ0n) is 10.8. The lowest BCUT2D eigenvalue weighted by molar-refractivity contribution is 0.319. The summed E-state index contributed by atoms with van der Waals surface area (Å²) in [6.07, 6.45) is 9.81. The highest BCUT2D eigenvalue weighted by molar-refractivity contribution is 5.81. The van der Waals surface area contributed by atoms with Crippen molar-refractivity contribution in [1.82, 2.24) is 0 Å². The Kier molecular flexibility index (Phi) is 3.37. The van der Waals surface area contributed by atoms with E-state index in [2.05, 4.69) is 12.1 Å². The Labute approximate surface area is 108 Å². The maximum absolute atomic E-state index is 6.38. The summed E-state index contributed by atoms with van der Waals surface area (Å²) in [5, 5.41) is 1.18. The van der Waals surface area contributed by atoms with Gasteiger partial charge in [-0.15, -0.1) is 0 Å². The molecule has 2 N–H and O–H groups in total. The van der Waals surface area contributed by atoms with Gasteiger partial charge in [-0.1, -0.05) is 50.3 Å². The van der Waals surface area contributed by atoms with Gasteiger partial charge in [0, 0.05) is 17.0 Å². The van der Waals surface area contributed by atoms with Crippen molar-refractivity contribution in [2.75, 3.05) is 0 Å². The molecule has 0 aliphatic heterocycles. The normalized spacial score (nSPS) is 19.2. The number of hydrogen-bond acceptors (Lipinski definition) is 2. The van der Waals surface area contributed by atoms with Crippen LogP contribution >= 0.6 is 0 Å². The van der Waals surface area contributed by atoms with Gasteiger partial charge in [0.25, 0.3) is 0 Å². The molecule has 2 aromatic rings. The van der Waals surface area contributed by atoms with Gasteiger partial charge in [0.15, 0.2) is 0 Å². The monoisotopic (exact) mass is 243 g/mol. The van der Waals surface area contributed by atoms with Crippen molar-refractivity contribution in [2.45, 2.75) is 44.6 Å². The lowest BCUT2D eigenvalue weighted by atomic mass is 9.83. The lowest BCUT2D eigenvalue weighted by Crippen LogP contribution is -2.17. The average Bonchev–Trinajstić information content (AvgIpc) is 2.84. The maximum atomic E-state index is 6.38. The first-order chi connectivity index (χ1) is 8.84. The number of para-hydroxylation sites is 1. The van der Waals surface area contributed by atoms with Gasteiger partial charge in [0.1, 0.15) is 5.58 Å². The molecule has 1 heterocycles. The van der Waals surface area contributed by atoms with E-state index in [1.165, 1.54) is 43.1 Å². The Morgan fingerprint density at radius 1 is 1.17 bits per heavy atom. The van der Waals surface area contributed by atoms with Crippen molar-refractivity contribution in [3.05, 3.63) is 36.1 Å². The van der Waals surface area contributed by atoms with Gasteiger partial charge in [-0.05, 0) is 18.4 Å². The predicted molar refractivity (Wildman–Crippen MR) is 74.3 cm³/mol. The van der Waals surface area contributed by atoms with Gasteiger partial charge in [-0.2, -0.15) is 0 Å². The van der Waals surface area contributed by atoms with E-state index in [1.54, 1.807) is 0 Å². The Balaban J connectivity index is 1.76. The molecular weight excluding hydrogens is 222 g/mol. The van der Waals surface area contributed by atoms with E-state index in [0.717, 1.165) is 17.9 Å². The van der Waals surface area contributed by atoms with Crippen LogP contribution in [0.3, 0.4) is 0 Å². The standard InChI is InChI=1S/C16H21NO/c17-15(10-12-6-2-1-3-7-12)14-11-18-16-9-5-4-8-13(14)16/h4-5,8-9,11-12,15H,1-3,6-7,10,17H2. The molecule has 0 saturated heterocycles. The van der Waals surface area contributed by atoms with Crippen LogP contribution in [-0.4, -0.2) is 0 Å². The predicted octanol–water partition coefficient (Wildman–Crippen LogP) is 4.40. The summed E-state index contributed by atoms with van der Waals surface area (Å²) in [6, 6.07) is 8.29. The van der Waals surface area contributed by atoms with E-state index >= 15 is 0 Å². The molecule has 0 radical (unpaired) electrons. The number of rotatable bonds is 3. The second kappa shape index (κ2) is 5.15. The third-order valence-corrected chi connectivity index (χ3v) is 4.22. The molecule has 1 atom stereocenters. The largest absolute Gasteiger partial charge is 0.464 e. The van der Waals surface area contributed by atoms with E-state index in [0.29, 0.717) is 0 Å². The summed E-state index contributed by atoms with van der Waals surface area (Å²) >= 11 is 0. The van der Waals surface area contributed by atoms with Gasteiger partial charge in [0.2, 0.25) is 0 Å². The van der Waals surface area contributed by atoms with Crippen molar-refractivity contribution >= 4 is 11.0 Å². The van der Waals surface area contributed by atoms with Crippen molar-refractivity contribution in [3.63, 3.8) is 0 Å². The summed E-state index contributed by atoms with van der Waals surface area (Å²) in [5.41, 5.74) is 8.50. The number of nitrogens with two attached hydrogens (primary N) is 1. The molecule has 3 rings (SSSR count). The number of fused-ring (bicyclic) bond motifs is 1. The van der Waals surface area contributed by atoms with Crippen LogP contribution in [0.1, 0.15) is 50.1 Å². The van der Waals surface area contributed by atoms with Crippen molar-refractivity contribution < 1.29 is 4.42 Å². The molecule has 18 heavy (non-hydrogen) atoms. The molecule has 0 amide bonds. The van der Waals surface area contributed by atoms with Crippen LogP contribution in [0.5, 0.6) is 0 Å². The number of benzene rings is 1. The summed E-state index contributed by atoms with van der Waals surface area (Å²) in [4.78, 5) is 0. The van der Waals surface area contributed by atoms with Crippen LogP contribution in [0.15, 0.2) is 34.9 Å². The highest BCUT2D eigenvalue weighted by Gasteiger charge is 2.20. The molecule has 1 saturated carbocycles. The Morgan fingerprint density at radius 2 is 1.94 bits per heavy atom. The summed E-state index contributed by atoms with van der Waals surface area (Å²) in [6.45, 7) is 0. The van der Waals surface area contributed by atoms with Gasteiger partial charge in [-0.3, -0.25) is 0 Å². The minimum atomic E-state index is 0.122. The number of furan rings is 1. The van der Waals surface area contributed by atoms with Gasteiger partial charge in [-0.25, -0.2) is 0 Å². The van der Waals surface area contributed by atoms with Crippen molar-refractivity contribution in [2.24, 2.45) is 11.7 Å². The van der Waals surface area contributed by atoms with Crippen LogP contribution in [0.2, 0.25) is 0 Å². The lowest BCUT2D eigenvalue weighted by Gasteiger charge is -2.24. The van der Waals surface area contributed by atoms with Gasteiger partial charge >= 0.3 is 0 Å². The molecule has 1 aromatic heterocycles. The summed E-state index contributed by atoms with van der Waals surface area (Å²) in [5.74, 6) is 0.808.